The summed E-state index contributed by atoms with van der Waals surface area (Å²) in [5.74, 6) is 0.238. The Morgan fingerprint density at radius 3 is 2.39 bits per heavy atom. The fourth-order valence-corrected chi connectivity index (χ4v) is 5.34. The average Bonchev–Trinajstić information content (AvgIpc) is 2.98. The molecule has 4 rings (SSSR count). The molecule has 1 heterocycles. The lowest BCUT2D eigenvalue weighted by molar-refractivity contribution is -0.129. The molecule has 0 aromatic heterocycles. The summed E-state index contributed by atoms with van der Waals surface area (Å²) in [6.07, 6.45) is 0.541. The van der Waals surface area contributed by atoms with Crippen molar-refractivity contribution in [3.63, 3.8) is 0 Å². The first-order valence-electron chi connectivity index (χ1n) is 12.9. The van der Waals surface area contributed by atoms with E-state index in [9.17, 15) is 14.4 Å². The molecule has 1 aliphatic rings. The van der Waals surface area contributed by atoms with Gasteiger partial charge in [0.25, 0.3) is 0 Å². The molecule has 214 valence electrons. The van der Waals surface area contributed by atoms with Gasteiger partial charge in [-0.25, -0.2) is 9.79 Å². The van der Waals surface area contributed by atoms with E-state index < -0.39 is 11.2 Å². The molecule has 0 saturated carbocycles. The number of carbonyl (C=O) groups is 3. The van der Waals surface area contributed by atoms with Crippen LogP contribution in [-0.2, 0) is 20.7 Å². The van der Waals surface area contributed by atoms with Crippen molar-refractivity contribution in [2.24, 2.45) is 4.99 Å². The highest BCUT2D eigenvalue weighted by atomic mass is 35.5. The molecule has 0 aliphatic carbocycles. The second-order valence-electron chi connectivity index (χ2n) is 8.95. The molecule has 0 bridgehead atoms. The van der Waals surface area contributed by atoms with Gasteiger partial charge in [-0.15, -0.1) is 0 Å². The lowest BCUT2D eigenvalue weighted by atomic mass is 10.1. The van der Waals surface area contributed by atoms with E-state index in [1.807, 2.05) is 18.2 Å². The Morgan fingerprint density at radius 1 is 1.02 bits per heavy atom. The van der Waals surface area contributed by atoms with Crippen molar-refractivity contribution >= 4 is 57.7 Å². The van der Waals surface area contributed by atoms with E-state index in [0.717, 1.165) is 5.56 Å². The van der Waals surface area contributed by atoms with Crippen LogP contribution in [0.25, 0.3) is 0 Å². The quantitative estimate of drug-likeness (QED) is 0.298. The number of rotatable bonds is 10. The molecule has 1 atom stereocenters. The molecule has 9 nitrogen and oxygen atoms in total. The normalized spacial score (nSPS) is 15.9. The van der Waals surface area contributed by atoms with E-state index in [4.69, 9.17) is 30.8 Å². The van der Waals surface area contributed by atoms with Gasteiger partial charge in [-0.3, -0.25) is 14.5 Å². The number of amides is 2. The summed E-state index contributed by atoms with van der Waals surface area (Å²) in [6.45, 7) is 2.37. The molecule has 2 amide bonds. The summed E-state index contributed by atoms with van der Waals surface area (Å²) in [5, 5.41) is 3.12. The zero-order chi connectivity index (χ0) is 29.4. The summed E-state index contributed by atoms with van der Waals surface area (Å²) in [5.41, 5.74) is 2.45. The second-order valence-corrected chi connectivity index (χ2v) is 10.6. The van der Waals surface area contributed by atoms with Crippen molar-refractivity contribution in [2.75, 3.05) is 32.7 Å². The number of ether oxygens (including phenoxy) is 3. The minimum Gasteiger partial charge on any atom is -0.493 e. The molecule has 3 aromatic rings. The van der Waals surface area contributed by atoms with E-state index in [0.29, 0.717) is 51.6 Å². The van der Waals surface area contributed by atoms with Gasteiger partial charge in [0, 0.05) is 23.7 Å². The number of nitrogens with one attached hydrogen (secondary N) is 1. The summed E-state index contributed by atoms with van der Waals surface area (Å²) < 4.78 is 15.7. The smallest absolute Gasteiger partial charge is 0.338 e. The number of carbonyl (C=O) groups excluding carboxylic acids is 3. The number of nitrogens with zero attached hydrogens (tertiary/aromatic N) is 2. The first-order valence-corrected chi connectivity index (χ1v) is 14.2. The molecule has 41 heavy (non-hydrogen) atoms. The van der Waals surface area contributed by atoms with Crippen LogP contribution >= 0.6 is 23.4 Å². The lowest BCUT2D eigenvalue weighted by Crippen LogP contribution is -2.46. The predicted molar refractivity (Wildman–Crippen MR) is 161 cm³/mol. The van der Waals surface area contributed by atoms with Gasteiger partial charge in [0.1, 0.15) is 5.25 Å². The summed E-state index contributed by atoms with van der Waals surface area (Å²) in [7, 11) is 3.15. The molecular weight excluding hydrogens is 566 g/mol. The highest BCUT2D eigenvalue weighted by Gasteiger charge is 2.36. The van der Waals surface area contributed by atoms with Crippen molar-refractivity contribution in [1.82, 2.24) is 4.90 Å². The molecule has 1 fully saturated rings. The van der Waals surface area contributed by atoms with Crippen LogP contribution in [-0.4, -0.2) is 60.5 Å². The lowest BCUT2D eigenvalue weighted by Gasteiger charge is -2.32. The molecule has 1 saturated heterocycles. The van der Waals surface area contributed by atoms with E-state index in [1.165, 1.54) is 11.8 Å². The van der Waals surface area contributed by atoms with E-state index >= 15 is 0 Å². The minimum absolute atomic E-state index is 0.00296. The van der Waals surface area contributed by atoms with Crippen molar-refractivity contribution in [3.8, 4) is 11.5 Å². The Hall–Kier alpha value is -4.02. The highest BCUT2D eigenvalue weighted by Crippen LogP contribution is 2.32. The van der Waals surface area contributed by atoms with Crippen LogP contribution in [0.5, 0.6) is 11.5 Å². The number of amidine groups is 1. The molecule has 1 unspecified atom stereocenters. The zero-order valence-electron chi connectivity index (χ0n) is 22.9. The molecule has 3 aromatic carbocycles. The fourth-order valence-electron chi connectivity index (χ4n) is 4.09. The van der Waals surface area contributed by atoms with Gasteiger partial charge >= 0.3 is 5.97 Å². The molecular formula is C30H30ClN3O6S. The molecule has 11 heteroatoms. The van der Waals surface area contributed by atoms with Gasteiger partial charge < -0.3 is 19.5 Å². The Morgan fingerprint density at radius 2 is 1.73 bits per heavy atom. The first kappa shape index (κ1) is 30.0. The van der Waals surface area contributed by atoms with Crippen LogP contribution in [0.4, 0.5) is 11.4 Å². The summed E-state index contributed by atoms with van der Waals surface area (Å²) in [4.78, 5) is 44.8. The largest absolute Gasteiger partial charge is 0.493 e. The van der Waals surface area contributed by atoms with Crippen LogP contribution in [0.1, 0.15) is 29.3 Å². The second kappa shape index (κ2) is 14.0. The van der Waals surface area contributed by atoms with E-state index in [1.54, 1.807) is 74.6 Å². The molecule has 0 spiro atoms. The molecule has 0 radical (unpaired) electrons. The topological polar surface area (TPSA) is 107 Å². The Bertz CT molecular complexity index is 1430. The summed E-state index contributed by atoms with van der Waals surface area (Å²) >= 11 is 7.26. The maximum atomic E-state index is 13.4. The minimum atomic E-state index is -0.699. The number of benzene rings is 3. The summed E-state index contributed by atoms with van der Waals surface area (Å²) in [6, 6.07) is 19.0. The SMILES string of the molecule is CCOC(=O)c1ccc(NC(=O)C2CC(=O)N(CCc3ccc(OC)c(OC)c3)C(=Nc3ccc(Cl)cc3)S2)cc1. The van der Waals surface area contributed by atoms with Crippen molar-refractivity contribution in [2.45, 2.75) is 25.0 Å². The highest BCUT2D eigenvalue weighted by molar-refractivity contribution is 8.15. The van der Waals surface area contributed by atoms with Crippen molar-refractivity contribution in [1.29, 1.82) is 0 Å². The number of thioether (sulfide) groups is 1. The maximum Gasteiger partial charge on any atom is 0.338 e. The maximum absolute atomic E-state index is 13.4. The van der Waals surface area contributed by atoms with Crippen LogP contribution in [0, 0.1) is 0 Å². The van der Waals surface area contributed by atoms with Gasteiger partial charge in [0.15, 0.2) is 16.7 Å². The van der Waals surface area contributed by atoms with Crippen LogP contribution in [0.2, 0.25) is 5.02 Å². The molecule has 1 aliphatic heterocycles. The average molecular weight is 596 g/mol. The Kier molecular flexibility index (Phi) is 10.3. The third kappa shape index (κ3) is 7.80. The number of hydrogen-bond donors (Lipinski definition) is 1. The van der Waals surface area contributed by atoms with Gasteiger partial charge in [-0.2, -0.15) is 0 Å². The number of hydrogen-bond acceptors (Lipinski definition) is 8. The number of methoxy groups -OCH3 is 2. The molecule has 1 N–H and O–H groups in total. The third-order valence-corrected chi connectivity index (χ3v) is 7.66. The Labute approximate surface area is 247 Å². The fraction of sp³-hybridized carbons (Fsp3) is 0.267. The van der Waals surface area contributed by atoms with E-state index in [2.05, 4.69) is 5.32 Å². The van der Waals surface area contributed by atoms with Crippen LogP contribution in [0.15, 0.2) is 71.7 Å². The van der Waals surface area contributed by atoms with Crippen molar-refractivity contribution in [3.05, 3.63) is 82.9 Å². The third-order valence-electron chi connectivity index (χ3n) is 6.22. The number of esters is 1. The van der Waals surface area contributed by atoms with E-state index in [-0.39, 0.29) is 24.8 Å². The standard InChI is InChI=1S/C30H30ClN3O6S/c1-4-40-29(37)20-6-10-22(11-7-20)32-28(36)26-18-27(35)34(30(41-26)33-23-12-8-21(31)9-13-23)16-15-19-5-14-24(38-2)25(17-19)39-3/h5-14,17,26H,4,15-16,18H2,1-3H3,(H,32,36). The van der Waals surface area contributed by atoms with Crippen LogP contribution < -0.4 is 14.8 Å². The number of anilines is 1. The predicted octanol–water partition coefficient (Wildman–Crippen LogP) is 5.74. The zero-order valence-corrected chi connectivity index (χ0v) is 24.5. The van der Waals surface area contributed by atoms with Gasteiger partial charge in [-0.05, 0) is 79.6 Å². The number of aliphatic imine (C=N–C) groups is 1. The van der Waals surface area contributed by atoms with Gasteiger partial charge in [0.2, 0.25) is 11.8 Å². The number of halogens is 1. The van der Waals surface area contributed by atoms with Crippen LogP contribution in [0.3, 0.4) is 0 Å². The van der Waals surface area contributed by atoms with Gasteiger partial charge in [0.05, 0.1) is 32.1 Å². The van der Waals surface area contributed by atoms with Gasteiger partial charge in [-0.1, -0.05) is 29.4 Å². The monoisotopic (exact) mass is 595 g/mol. The van der Waals surface area contributed by atoms with Crippen molar-refractivity contribution < 1.29 is 28.6 Å². The Balaban J connectivity index is 1.51. The first-order chi connectivity index (χ1) is 19.8.